The molecule has 0 aliphatic carbocycles. The zero-order valence-corrected chi connectivity index (χ0v) is 32.8. The molecule has 0 N–H and O–H groups in total. The second-order valence-electron chi connectivity index (χ2n) is 13.7. The Morgan fingerprint density at radius 2 is 0.815 bits per heavy atom. The molecule has 3 aromatic heterocycles. The summed E-state index contributed by atoms with van der Waals surface area (Å²) >= 11 is 0. The van der Waals surface area contributed by atoms with Crippen molar-refractivity contribution in [3.63, 3.8) is 0 Å². The summed E-state index contributed by atoms with van der Waals surface area (Å²) in [6.07, 6.45) is -1.43. The largest absolute Gasteiger partial charge is 0.283 e. The molecule has 1 unspecified atom stereocenters. The van der Waals surface area contributed by atoms with E-state index in [-0.39, 0.29) is 0 Å². The van der Waals surface area contributed by atoms with Gasteiger partial charge >= 0.3 is 0 Å². The zero-order chi connectivity index (χ0) is 38.7. The van der Waals surface area contributed by atoms with Gasteiger partial charge in [0.2, 0.25) is 23.8 Å². The van der Waals surface area contributed by atoms with Crippen LogP contribution in [0.25, 0.3) is 0 Å². The van der Waals surface area contributed by atoms with Crippen molar-refractivity contribution in [2.75, 3.05) is 26.6 Å². The average Bonchev–Trinajstić information content (AvgIpc) is 3.57. The van der Waals surface area contributed by atoms with Crippen LogP contribution in [0, 0.1) is 69.2 Å². The SMILES string of the molecule is C=N/C(C)=N\C(=N/C)N1c2cc(C)c(C)cc2N(c2nc(C)nc(C)n2)C1C1N(c2nc(C)nc(C)n2)c2cc(C)c(C)cc2N1c1nc(C)nc(C)n1. The molecule has 7 rings (SSSR count). The van der Waals surface area contributed by atoms with Crippen molar-refractivity contribution >= 4 is 59.1 Å². The van der Waals surface area contributed by atoms with Crippen LogP contribution in [0.5, 0.6) is 0 Å². The highest BCUT2D eigenvalue weighted by atomic mass is 15.6. The minimum Gasteiger partial charge on any atom is -0.283 e. The smallest absolute Gasteiger partial charge is 0.235 e. The molecular formula is C38H44N16. The van der Waals surface area contributed by atoms with Crippen LogP contribution in [0.15, 0.2) is 39.2 Å². The van der Waals surface area contributed by atoms with Gasteiger partial charge in [0.1, 0.15) is 40.8 Å². The molecule has 16 heteroatoms. The van der Waals surface area contributed by atoms with Crippen LogP contribution in [0.4, 0.5) is 40.6 Å². The van der Waals surface area contributed by atoms with Gasteiger partial charge in [-0.3, -0.25) is 24.6 Å². The lowest BCUT2D eigenvalue weighted by Crippen LogP contribution is -2.61. The number of benzene rings is 2. The molecule has 276 valence electrons. The molecule has 54 heavy (non-hydrogen) atoms. The van der Waals surface area contributed by atoms with E-state index in [1.807, 2.05) is 41.5 Å². The third kappa shape index (κ3) is 6.16. The monoisotopic (exact) mass is 724 g/mol. The maximum Gasteiger partial charge on any atom is 0.235 e. The summed E-state index contributed by atoms with van der Waals surface area (Å²) in [5, 5.41) is 0. The summed E-state index contributed by atoms with van der Waals surface area (Å²) in [6, 6.07) is 8.62. The molecule has 2 aliphatic rings. The van der Waals surface area contributed by atoms with Crippen LogP contribution < -0.4 is 19.6 Å². The number of aryl methyl sites for hydroxylation is 10. The predicted molar refractivity (Wildman–Crippen MR) is 212 cm³/mol. The first kappa shape index (κ1) is 36.1. The van der Waals surface area contributed by atoms with Crippen LogP contribution >= 0.6 is 0 Å². The first-order valence-electron chi connectivity index (χ1n) is 17.6. The van der Waals surface area contributed by atoms with Gasteiger partial charge in [-0.05, 0) is 129 Å². The molecule has 0 saturated carbocycles. The van der Waals surface area contributed by atoms with Crippen LogP contribution in [-0.4, -0.2) is 82.7 Å². The van der Waals surface area contributed by atoms with E-state index in [4.69, 9.17) is 39.9 Å². The maximum atomic E-state index is 4.97. The zero-order valence-electron chi connectivity index (χ0n) is 32.8. The van der Waals surface area contributed by atoms with E-state index in [1.54, 1.807) is 14.0 Å². The molecule has 0 spiro atoms. The molecule has 1 atom stereocenters. The normalized spacial score (nSPS) is 16.0. The summed E-state index contributed by atoms with van der Waals surface area (Å²) in [7, 11) is 1.72. The predicted octanol–water partition coefficient (Wildman–Crippen LogP) is 6.03. The number of aromatic nitrogens is 9. The van der Waals surface area contributed by atoms with Crippen molar-refractivity contribution in [3.8, 4) is 0 Å². The molecular weight excluding hydrogens is 681 g/mol. The average molecular weight is 725 g/mol. The lowest BCUT2D eigenvalue weighted by Gasteiger charge is -2.42. The van der Waals surface area contributed by atoms with Crippen LogP contribution in [0.3, 0.4) is 0 Å². The maximum absolute atomic E-state index is 4.97. The van der Waals surface area contributed by atoms with Gasteiger partial charge in [-0.1, -0.05) is 0 Å². The fourth-order valence-corrected chi connectivity index (χ4v) is 7.09. The second kappa shape index (κ2) is 13.6. The molecule has 2 aliphatic heterocycles. The molecule has 0 bridgehead atoms. The Morgan fingerprint density at radius 3 is 1.15 bits per heavy atom. The van der Waals surface area contributed by atoms with Crippen molar-refractivity contribution in [1.82, 2.24) is 44.9 Å². The highest BCUT2D eigenvalue weighted by Gasteiger charge is 2.55. The third-order valence-electron chi connectivity index (χ3n) is 9.64. The van der Waals surface area contributed by atoms with Crippen LogP contribution in [0.1, 0.15) is 64.1 Å². The number of amidine groups is 1. The molecule has 0 fully saturated rings. The van der Waals surface area contributed by atoms with E-state index in [9.17, 15) is 0 Å². The number of nitrogens with zero attached hydrogens (tertiary/aromatic N) is 16. The topological polar surface area (TPSA) is 166 Å². The highest BCUT2D eigenvalue weighted by molar-refractivity contribution is 6.09. The first-order valence-corrected chi connectivity index (χ1v) is 17.6. The van der Waals surface area contributed by atoms with Gasteiger partial charge < -0.3 is 0 Å². The summed E-state index contributed by atoms with van der Waals surface area (Å²) in [6.45, 7) is 25.1. The highest BCUT2D eigenvalue weighted by Crippen LogP contribution is 2.54. The minimum absolute atomic E-state index is 0.397. The fourth-order valence-electron chi connectivity index (χ4n) is 7.09. The van der Waals surface area contributed by atoms with Crippen LogP contribution in [-0.2, 0) is 0 Å². The van der Waals surface area contributed by atoms with Gasteiger partial charge in [0.15, 0.2) is 12.3 Å². The number of guanidine groups is 1. The molecule has 0 amide bonds. The van der Waals surface area contributed by atoms with E-state index >= 15 is 0 Å². The second-order valence-corrected chi connectivity index (χ2v) is 13.7. The minimum atomic E-state index is -0.717. The van der Waals surface area contributed by atoms with Crippen molar-refractivity contribution in [2.24, 2.45) is 15.0 Å². The van der Waals surface area contributed by atoms with Crippen molar-refractivity contribution in [2.45, 2.75) is 88.5 Å². The van der Waals surface area contributed by atoms with Crippen molar-refractivity contribution in [3.05, 3.63) is 81.5 Å². The van der Waals surface area contributed by atoms with Crippen LogP contribution in [0.2, 0.25) is 0 Å². The Kier molecular flexibility index (Phi) is 9.07. The van der Waals surface area contributed by atoms with E-state index in [0.717, 1.165) is 45.0 Å². The van der Waals surface area contributed by atoms with Gasteiger partial charge in [-0.25, -0.2) is 19.9 Å². The number of rotatable bonds is 4. The van der Waals surface area contributed by atoms with Gasteiger partial charge in [0, 0.05) is 7.05 Å². The lowest BCUT2D eigenvalue weighted by molar-refractivity contribution is 0.534. The number of hydrogen-bond donors (Lipinski definition) is 0. The number of fused-ring (bicyclic) bond motifs is 2. The summed E-state index contributed by atoms with van der Waals surface area (Å²) in [5.41, 5.74) is 7.77. The van der Waals surface area contributed by atoms with E-state index in [2.05, 4.69) is 98.2 Å². The van der Waals surface area contributed by atoms with Crippen molar-refractivity contribution < 1.29 is 0 Å². The van der Waals surface area contributed by atoms with Gasteiger partial charge in [0.05, 0.1) is 22.7 Å². The standard InChI is InChI=1S/C38H44N16/c1-18-14-29-30(15-19(18)2)52(36-45-23(6)41-24(7)46-36)33(51(29)35(40-13)44-22(5)39-12)34-53(37-47-25(8)42-26(9)48-37)31-16-20(3)21(4)17-32(31)54(34)38-49-27(10)43-28(11)50-38/h14-17,33-34H,12H2,1-11,13H3/b40-35+,44-22-. The van der Waals surface area contributed by atoms with E-state index < -0.39 is 12.3 Å². The van der Waals surface area contributed by atoms with Gasteiger partial charge in [0.25, 0.3) is 0 Å². The van der Waals surface area contributed by atoms with Gasteiger partial charge in [-0.2, -0.15) is 34.9 Å². The Hall–Kier alpha value is -6.32. The molecule has 5 heterocycles. The lowest BCUT2D eigenvalue weighted by atomic mass is 10.1. The molecule has 16 nitrogen and oxygen atoms in total. The molecule has 5 aromatic rings. The Labute approximate surface area is 315 Å². The fraction of sp³-hybridized carbons (Fsp3) is 0.368. The molecule has 0 saturated heterocycles. The number of hydrogen-bond acceptors (Lipinski definition) is 13. The van der Waals surface area contributed by atoms with Gasteiger partial charge in [-0.15, -0.1) is 0 Å². The van der Waals surface area contributed by atoms with Crippen molar-refractivity contribution in [1.29, 1.82) is 0 Å². The Morgan fingerprint density at radius 1 is 0.500 bits per heavy atom. The Balaban J connectivity index is 1.65. The molecule has 0 radical (unpaired) electrons. The third-order valence-corrected chi connectivity index (χ3v) is 9.64. The quantitative estimate of drug-likeness (QED) is 0.156. The summed E-state index contributed by atoms with van der Waals surface area (Å²) < 4.78 is 0. The number of anilines is 7. The van der Waals surface area contributed by atoms with E-state index in [0.29, 0.717) is 64.6 Å². The Bertz CT molecular complexity index is 2260. The molecule has 2 aromatic carbocycles. The number of aliphatic imine (C=N–C) groups is 3. The first-order chi connectivity index (χ1) is 25.7. The van der Waals surface area contributed by atoms with E-state index in [1.165, 1.54) is 0 Å². The summed E-state index contributed by atoms with van der Waals surface area (Å²) in [4.78, 5) is 65.8. The summed E-state index contributed by atoms with van der Waals surface area (Å²) in [5.74, 6) is 5.69.